The number of esters is 1. The minimum absolute atomic E-state index is 0.322. The number of pyridine rings is 1. The van der Waals surface area contributed by atoms with E-state index in [4.69, 9.17) is 0 Å². The van der Waals surface area contributed by atoms with Crippen molar-refractivity contribution in [1.29, 1.82) is 0 Å². The van der Waals surface area contributed by atoms with Gasteiger partial charge in [0.25, 0.3) is 0 Å². The smallest absolute Gasteiger partial charge is 0.341 e. The summed E-state index contributed by atoms with van der Waals surface area (Å²) in [6, 6.07) is 3.35. The highest BCUT2D eigenvalue weighted by atomic mass is 16.5. The topological polar surface area (TPSA) is 62.7 Å². The summed E-state index contributed by atoms with van der Waals surface area (Å²) in [5, 5.41) is 9.18. The van der Waals surface area contributed by atoms with Gasteiger partial charge in [0.05, 0.1) is 13.2 Å². The number of carbonyl (C=O) groups excluding carboxylic acids is 1. The molecule has 2 rings (SSSR count). The molecule has 0 aliphatic carbocycles. The highest BCUT2D eigenvalue weighted by Gasteiger charge is 2.28. The van der Waals surface area contributed by atoms with Crippen molar-refractivity contribution in [1.82, 2.24) is 4.98 Å². The van der Waals surface area contributed by atoms with Gasteiger partial charge in [-0.3, -0.25) is 0 Å². The lowest BCUT2D eigenvalue weighted by Crippen LogP contribution is -2.51. The van der Waals surface area contributed by atoms with Crippen LogP contribution in [0.1, 0.15) is 10.4 Å². The molecule has 15 heavy (non-hydrogen) atoms. The Bertz CT molecular complexity index is 375. The summed E-state index contributed by atoms with van der Waals surface area (Å²) in [6.45, 7) is 1.03. The molecular weight excluding hydrogens is 196 g/mol. The molecule has 0 aromatic carbocycles. The van der Waals surface area contributed by atoms with Crippen molar-refractivity contribution in [3.05, 3.63) is 23.9 Å². The summed E-state index contributed by atoms with van der Waals surface area (Å²) in [5.41, 5.74) is 0.437. The fourth-order valence-corrected chi connectivity index (χ4v) is 1.55. The quantitative estimate of drug-likeness (QED) is 0.696. The van der Waals surface area contributed by atoms with Gasteiger partial charge < -0.3 is 14.7 Å². The van der Waals surface area contributed by atoms with Crippen LogP contribution in [0.5, 0.6) is 0 Å². The number of aliphatic hydroxyl groups is 1. The molecule has 1 aliphatic heterocycles. The van der Waals surface area contributed by atoms with Gasteiger partial charge in [-0.1, -0.05) is 0 Å². The number of aliphatic hydroxyl groups excluding tert-OH is 1. The molecule has 5 heteroatoms. The normalized spacial score (nSPS) is 16.0. The van der Waals surface area contributed by atoms with E-state index in [1.807, 2.05) is 4.90 Å². The Morgan fingerprint density at radius 3 is 3.00 bits per heavy atom. The maximum atomic E-state index is 11.4. The number of nitrogens with zero attached hydrogens (tertiary/aromatic N) is 2. The monoisotopic (exact) mass is 208 g/mol. The van der Waals surface area contributed by atoms with Crippen LogP contribution < -0.4 is 4.90 Å². The van der Waals surface area contributed by atoms with E-state index in [1.54, 1.807) is 18.3 Å². The van der Waals surface area contributed by atoms with Gasteiger partial charge >= 0.3 is 5.97 Å². The molecule has 5 nitrogen and oxygen atoms in total. The van der Waals surface area contributed by atoms with Crippen LogP contribution in [0.2, 0.25) is 0 Å². The first-order chi connectivity index (χ1) is 7.22. The zero-order valence-electron chi connectivity index (χ0n) is 8.38. The molecule has 1 fully saturated rings. The molecule has 80 valence electrons. The van der Waals surface area contributed by atoms with Crippen LogP contribution in [-0.2, 0) is 4.74 Å². The van der Waals surface area contributed by atoms with Crippen LogP contribution in [0.15, 0.2) is 18.3 Å². The summed E-state index contributed by atoms with van der Waals surface area (Å²) in [5.74, 6) is 0.175. The fourth-order valence-electron chi connectivity index (χ4n) is 1.55. The maximum Gasteiger partial charge on any atom is 0.341 e. The number of hydrogen-bond donors (Lipinski definition) is 1. The predicted molar refractivity (Wildman–Crippen MR) is 53.8 cm³/mol. The Morgan fingerprint density at radius 2 is 2.40 bits per heavy atom. The van der Waals surface area contributed by atoms with Crippen molar-refractivity contribution in [3.63, 3.8) is 0 Å². The standard InChI is InChI=1S/C10H12N2O3/c1-15-10(14)8-3-2-4-11-9(8)12-5-7(13)6-12/h2-4,7,13H,5-6H2,1H3. The molecule has 0 amide bonds. The predicted octanol–water partition coefficient (Wildman–Crippen LogP) is 0.0491. The van der Waals surface area contributed by atoms with Gasteiger partial charge in [-0.25, -0.2) is 9.78 Å². The van der Waals surface area contributed by atoms with Crippen molar-refractivity contribution in [2.75, 3.05) is 25.1 Å². The van der Waals surface area contributed by atoms with Gasteiger partial charge in [0.1, 0.15) is 11.4 Å². The van der Waals surface area contributed by atoms with E-state index in [9.17, 15) is 9.90 Å². The van der Waals surface area contributed by atoms with E-state index in [2.05, 4.69) is 9.72 Å². The SMILES string of the molecule is COC(=O)c1cccnc1N1CC(O)C1. The summed E-state index contributed by atoms with van der Waals surface area (Å²) in [6.07, 6.45) is 1.30. The van der Waals surface area contributed by atoms with Crippen molar-refractivity contribution < 1.29 is 14.6 Å². The number of aromatic nitrogens is 1. The Balaban J connectivity index is 2.26. The molecule has 1 aromatic heterocycles. The molecule has 1 saturated heterocycles. The largest absolute Gasteiger partial charge is 0.465 e. The van der Waals surface area contributed by atoms with Gasteiger partial charge in [-0.2, -0.15) is 0 Å². The highest BCUT2D eigenvalue weighted by molar-refractivity contribution is 5.94. The van der Waals surface area contributed by atoms with Crippen LogP contribution in [0.3, 0.4) is 0 Å². The van der Waals surface area contributed by atoms with Crippen molar-refractivity contribution in [2.45, 2.75) is 6.10 Å². The van der Waals surface area contributed by atoms with Crippen LogP contribution in [0.4, 0.5) is 5.82 Å². The van der Waals surface area contributed by atoms with Crippen molar-refractivity contribution in [3.8, 4) is 0 Å². The third-order valence-electron chi connectivity index (χ3n) is 2.35. The average Bonchev–Trinajstić information content (AvgIpc) is 2.24. The first kappa shape index (κ1) is 9.92. The highest BCUT2D eigenvalue weighted by Crippen LogP contribution is 2.22. The first-order valence-corrected chi connectivity index (χ1v) is 4.68. The lowest BCUT2D eigenvalue weighted by molar-refractivity contribution is 0.0599. The molecule has 0 atom stereocenters. The Kier molecular flexibility index (Phi) is 2.55. The zero-order valence-corrected chi connectivity index (χ0v) is 8.38. The molecular formula is C10H12N2O3. The lowest BCUT2D eigenvalue weighted by atomic mass is 10.1. The van der Waals surface area contributed by atoms with Gasteiger partial charge in [0.2, 0.25) is 0 Å². The third-order valence-corrected chi connectivity index (χ3v) is 2.35. The van der Waals surface area contributed by atoms with E-state index in [0.29, 0.717) is 24.5 Å². The Hall–Kier alpha value is -1.62. The second kappa shape index (κ2) is 3.86. The Morgan fingerprint density at radius 1 is 1.67 bits per heavy atom. The molecule has 2 heterocycles. The molecule has 1 aliphatic rings. The van der Waals surface area contributed by atoms with Gasteiger partial charge in [0, 0.05) is 19.3 Å². The van der Waals surface area contributed by atoms with E-state index in [1.165, 1.54) is 7.11 Å². The van der Waals surface area contributed by atoms with E-state index >= 15 is 0 Å². The van der Waals surface area contributed by atoms with Gasteiger partial charge in [0.15, 0.2) is 0 Å². The summed E-state index contributed by atoms with van der Waals surface area (Å²) < 4.78 is 4.65. The van der Waals surface area contributed by atoms with Gasteiger partial charge in [-0.05, 0) is 12.1 Å². The fraction of sp³-hybridized carbons (Fsp3) is 0.400. The van der Waals surface area contributed by atoms with Crippen LogP contribution >= 0.6 is 0 Å². The molecule has 1 N–H and O–H groups in total. The number of anilines is 1. The maximum absolute atomic E-state index is 11.4. The van der Waals surface area contributed by atoms with E-state index < -0.39 is 5.97 Å². The minimum Gasteiger partial charge on any atom is -0.465 e. The molecule has 0 radical (unpaired) electrons. The third kappa shape index (κ3) is 1.78. The number of β-amino-alcohol motifs (C(OH)–C–C–N with tert-alkyl or cyclic N) is 1. The summed E-state index contributed by atoms with van der Waals surface area (Å²) in [7, 11) is 1.34. The van der Waals surface area contributed by atoms with Crippen molar-refractivity contribution in [2.24, 2.45) is 0 Å². The molecule has 0 spiro atoms. The Labute approximate surface area is 87.3 Å². The second-order valence-electron chi connectivity index (χ2n) is 3.42. The van der Waals surface area contributed by atoms with E-state index in [0.717, 1.165) is 0 Å². The zero-order chi connectivity index (χ0) is 10.8. The number of ether oxygens (including phenoxy) is 1. The van der Waals surface area contributed by atoms with Crippen LogP contribution in [0, 0.1) is 0 Å². The van der Waals surface area contributed by atoms with Crippen molar-refractivity contribution >= 4 is 11.8 Å². The van der Waals surface area contributed by atoms with Crippen LogP contribution in [0.25, 0.3) is 0 Å². The van der Waals surface area contributed by atoms with E-state index in [-0.39, 0.29) is 6.10 Å². The molecule has 1 aromatic rings. The number of methoxy groups -OCH3 is 1. The number of carbonyl (C=O) groups is 1. The first-order valence-electron chi connectivity index (χ1n) is 4.68. The number of rotatable bonds is 2. The number of hydrogen-bond acceptors (Lipinski definition) is 5. The summed E-state index contributed by atoms with van der Waals surface area (Å²) >= 11 is 0. The molecule has 0 saturated carbocycles. The average molecular weight is 208 g/mol. The van der Waals surface area contributed by atoms with Gasteiger partial charge in [-0.15, -0.1) is 0 Å². The van der Waals surface area contributed by atoms with Crippen LogP contribution in [-0.4, -0.2) is 42.4 Å². The minimum atomic E-state index is -0.403. The summed E-state index contributed by atoms with van der Waals surface area (Å²) in [4.78, 5) is 17.4. The molecule has 0 unspecified atom stereocenters. The second-order valence-corrected chi connectivity index (χ2v) is 3.42. The molecule has 0 bridgehead atoms. The lowest BCUT2D eigenvalue weighted by Gasteiger charge is -2.37.